The molecule has 0 fully saturated rings. The summed E-state index contributed by atoms with van der Waals surface area (Å²) in [5.41, 5.74) is 2.04. The molecule has 12 heteroatoms. The fourth-order valence-corrected chi connectivity index (χ4v) is 2.29. The lowest BCUT2D eigenvalue weighted by Crippen LogP contribution is -2.11. The summed E-state index contributed by atoms with van der Waals surface area (Å²) >= 11 is 0. The fourth-order valence-electron chi connectivity index (χ4n) is 2.29. The highest BCUT2D eigenvalue weighted by Gasteiger charge is 2.34. The lowest BCUT2D eigenvalue weighted by Gasteiger charge is -2.09. The molecule has 0 aliphatic rings. The Morgan fingerprint density at radius 2 is 1.96 bits per heavy atom. The van der Waals surface area contributed by atoms with Gasteiger partial charge >= 0.3 is 6.18 Å². The molecule has 0 saturated carbocycles. The molecule has 0 radical (unpaired) electrons. The average Bonchev–Trinajstić information content (AvgIpc) is 3.12. The van der Waals surface area contributed by atoms with Crippen molar-refractivity contribution >= 4 is 12.2 Å². The number of hydrazone groups is 1. The summed E-state index contributed by atoms with van der Waals surface area (Å²) in [5.74, 6) is -1.01. The molecule has 0 aromatic carbocycles. The van der Waals surface area contributed by atoms with Gasteiger partial charge in [-0.2, -0.15) is 32.9 Å². The van der Waals surface area contributed by atoms with Crippen LogP contribution in [0.1, 0.15) is 17.0 Å². The Kier molecular flexibility index (Phi) is 4.64. The minimum atomic E-state index is -4.67. The van der Waals surface area contributed by atoms with Gasteiger partial charge in [0.1, 0.15) is 0 Å². The zero-order valence-corrected chi connectivity index (χ0v) is 14.5. The van der Waals surface area contributed by atoms with Crippen molar-refractivity contribution in [3.05, 3.63) is 41.4 Å². The van der Waals surface area contributed by atoms with Gasteiger partial charge in [-0.3, -0.25) is 4.68 Å². The van der Waals surface area contributed by atoms with E-state index in [9.17, 15) is 17.6 Å². The van der Waals surface area contributed by atoms with Gasteiger partial charge in [-0.15, -0.1) is 0 Å². The van der Waals surface area contributed by atoms with Crippen LogP contribution in [0.25, 0.3) is 11.3 Å². The molecule has 8 nitrogen and oxygen atoms in total. The van der Waals surface area contributed by atoms with Crippen LogP contribution in [0, 0.1) is 12.9 Å². The van der Waals surface area contributed by atoms with Crippen molar-refractivity contribution in [2.45, 2.75) is 13.1 Å². The molecule has 0 atom stereocenters. The summed E-state index contributed by atoms with van der Waals surface area (Å²) < 4.78 is 55.7. The summed E-state index contributed by atoms with van der Waals surface area (Å²) in [6, 6.07) is 0.816. The number of aromatic nitrogens is 6. The van der Waals surface area contributed by atoms with E-state index in [0.717, 1.165) is 17.0 Å². The van der Waals surface area contributed by atoms with Crippen molar-refractivity contribution in [3.8, 4) is 11.3 Å². The first-order valence-corrected chi connectivity index (χ1v) is 7.58. The van der Waals surface area contributed by atoms with E-state index in [1.54, 1.807) is 14.0 Å². The van der Waals surface area contributed by atoms with Gasteiger partial charge in [0.05, 0.1) is 29.4 Å². The quantitative estimate of drug-likeness (QED) is 0.426. The molecule has 3 aromatic rings. The molecule has 1 N–H and O–H groups in total. The molecule has 0 saturated heterocycles. The third-order valence-electron chi connectivity index (χ3n) is 3.57. The zero-order chi connectivity index (χ0) is 19.8. The third-order valence-corrected chi connectivity index (χ3v) is 3.57. The van der Waals surface area contributed by atoms with Gasteiger partial charge in [0, 0.05) is 25.9 Å². The minimum Gasteiger partial charge on any atom is -0.275 e. The number of nitrogens with zero attached hydrogens (tertiary/aromatic N) is 7. The molecule has 3 aromatic heterocycles. The van der Waals surface area contributed by atoms with Crippen LogP contribution in [0.4, 0.5) is 23.5 Å². The predicted molar refractivity (Wildman–Crippen MR) is 88.4 cm³/mol. The molecular formula is C15H14F4N8. The molecule has 3 heterocycles. The maximum atomic E-state index is 13.8. The first-order chi connectivity index (χ1) is 12.6. The number of alkyl halides is 3. The second-order valence-corrected chi connectivity index (χ2v) is 5.65. The lowest BCUT2D eigenvalue weighted by molar-refractivity contribution is -0.141. The summed E-state index contributed by atoms with van der Waals surface area (Å²) in [7, 11) is 3.05. The van der Waals surface area contributed by atoms with Crippen molar-refractivity contribution in [2.24, 2.45) is 19.2 Å². The van der Waals surface area contributed by atoms with E-state index in [1.165, 1.54) is 24.1 Å². The van der Waals surface area contributed by atoms with E-state index in [2.05, 4.69) is 30.7 Å². The van der Waals surface area contributed by atoms with E-state index in [0.29, 0.717) is 11.3 Å². The smallest absolute Gasteiger partial charge is 0.275 e. The van der Waals surface area contributed by atoms with Crippen LogP contribution in [-0.2, 0) is 20.3 Å². The number of anilines is 1. The highest BCUT2D eigenvalue weighted by Crippen LogP contribution is 2.31. The molecule has 0 spiro atoms. The summed E-state index contributed by atoms with van der Waals surface area (Å²) in [6.07, 6.45) is -0.676. The Morgan fingerprint density at radius 3 is 2.52 bits per heavy atom. The largest absolute Gasteiger partial charge is 0.433 e. The Hall–Kier alpha value is -3.31. The van der Waals surface area contributed by atoms with Crippen molar-refractivity contribution < 1.29 is 17.6 Å². The minimum absolute atomic E-state index is 0.0202. The Morgan fingerprint density at radius 1 is 1.22 bits per heavy atom. The van der Waals surface area contributed by atoms with Crippen molar-refractivity contribution in [2.75, 3.05) is 5.43 Å². The van der Waals surface area contributed by atoms with Crippen molar-refractivity contribution in [1.29, 1.82) is 0 Å². The second-order valence-electron chi connectivity index (χ2n) is 5.65. The maximum Gasteiger partial charge on any atom is 0.433 e. The van der Waals surface area contributed by atoms with Crippen molar-refractivity contribution in [3.63, 3.8) is 0 Å². The van der Waals surface area contributed by atoms with E-state index in [-0.39, 0.29) is 17.2 Å². The van der Waals surface area contributed by atoms with E-state index in [4.69, 9.17) is 0 Å². The molecule has 0 aliphatic heterocycles. The van der Waals surface area contributed by atoms with Crippen molar-refractivity contribution in [1.82, 2.24) is 29.5 Å². The molecular weight excluding hydrogens is 368 g/mol. The lowest BCUT2D eigenvalue weighted by atomic mass is 10.2. The van der Waals surface area contributed by atoms with Gasteiger partial charge < -0.3 is 0 Å². The van der Waals surface area contributed by atoms with Gasteiger partial charge in [0.2, 0.25) is 11.9 Å². The monoisotopic (exact) mass is 382 g/mol. The van der Waals surface area contributed by atoms with Gasteiger partial charge in [0.25, 0.3) is 0 Å². The predicted octanol–water partition coefficient (Wildman–Crippen LogP) is 2.52. The van der Waals surface area contributed by atoms with Crippen LogP contribution in [0.3, 0.4) is 0 Å². The Balaban J connectivity index is 1.93. The maximum absolute atomic E-state index is 13.8. The van der Waals surface area contributed by atoms with Gasteiger partial charge in [-0.05, 0) is 13.0 Å². The first kappa shape index (κ1) is 18.5. The molecule has 0 aliphatic carbocycles. The zero-order valence-electron chi connectivity index (χ0n) is 14.5. The molecule has 0 amide bonds. The summed E-state index contributed by atoms with van der Waals surface area (Å²) in [4.78, 5) is 7.42. The van der Waals surface area contributed by atoms with E-state index >= 15 is 0 Å². The van der Waals surface area contributed by atoms with Gasteiger partial charge in [-0.25, -0.2) is 20.1 Å². The highest BCUT2D eigenvalue weighted by molar-refractivity contribution is 5.81. The number of nitrogens with one attached hydrogen (secondary N) is 1. The molecule has 142 valence electrons. The van der Waals surface area contributed by atoms with Crippen LogP contribution in [0.15, 0.2) is 23.6 Å². The first-order valence-electron chi connectivity index (χ1n) is 7.58. The van der Waals surface area contributed by atoms with E-state index < -0.39 is 17.8 Å². The second kappa shape index (κ2) is 6.78. The summed E-state index contributed by atoms with van der Waals surface area (Å²) in [5, 5.41) is 11.5. The summed E-state index contributed by atoms with van der Waals surface area (Å²) in [6.45, 7) is 1.58. The molecule has 0 bridgehead atoms. The number of aryl methyl sites for hydroxylation is 3. The SMILES string of the molecule is Cc1nn(C)c(F)c1/C=N/Nc1nc(-c2cnn(C)c2)cc(C(F)(F)F)n1. The normalized spacial score (nSPS) is 12.1. The highest BCUT2D eigenvalue weighted by atomic mass is 19.4. The molecule has 27 heavy (non-hydrogen) atoms. The van der Waals surface area contributed by atoms with E-state index in [1.807, 2.05) is 0 Å². The molecule has 3 rings (SSSR count). The van der Waals surface area contributed by atoms with Crippen LogP contribution in [0.5, 0.6) is 0 Å². The van der Waals surface area contributed by atoms with Crippen LogP contribution in [-0.4, -0.2) is 35.7 Å². The third kappa shape index (κ3) is 3.93. The Bertz CT molecular complexity index is 1000. The number of halogens is 4. The number of rotatable bonds is 4. The number of hydrogen-bond donors (Lipinski definition) is 1. The topological polar surface area (TPSA) is 85.8 Å². The van der Waals surface area contributed by atoms with Crippen LogP contribution < -0.4 is 5.43 Å². The Labute approximate surface area is 150 Å². The van der Waals surface area contributed by atoms with Crippen LogP contribution in [0.2, 0.25) is 0 Å². The fraction of sp³-hybridized carbons (Fsp3) is 0.267. The number of hydrogen-bond acceptors (Lipinski definition) is 6. The molecule has 0 unspecified atom stereocenters. The van der Waals surface area contributed by atoms with Gasteiger partial charge in [-0.1, -0.05) is 0 Å². The van der Waals surface area contributed by atoms with Gasteiger partial charge in [0.15, 0.2) is 5.69 Å². The standard InChI is InChI=1S/C15H14F4N8/c1-8-10(13(16)27(3)25-8)6-20-24-14-22-11(9-5-21-26(2)7-9)4-12(23-14)15(17,18)19/h4-7H,1-3H3,(H,22,23,24)/b20-6+. The van der Waals surface area contributed by atoms with Crippen LogP contribution >= 0.6 is 0 Å². The average molecular weight is 382 g/mol.